The van der Waals surface area contributed by atoms with Crippen molar-refractivity contribution >= 4 is 47.1 Å². The molecule has 0 bridgehead atoms. The van der Waals surface area contributed by atoms with Gasteiger partial charge in [0.25, 0.3) is 0 Å². The molecule has 0 aromatic carbocycles. The second kappa shape index (κ2) is 53.0. The van der Waals surface area contributed by atoms with Gasteiger partial charge in [-0.05, 0) is 25.7 Å². The van der Waals surface area contributed by atoms with Crippen LogP contribution in [-0.4, -0.2) is 363 Å². The highest BCUT2D eigenvalue weighted by atomic mass is 16.7. The first-order valence-corrected chi connectivity index (χ1v) is 33.5. The van der Waals surface area contributed by atoms with Crippen molar-refractivity contribution in [1.82, 2.24) is 26.6 Å². The fourth-order valence-electron chi connectivity index (χ4n) is 10.3. The fourth-order valence-corrected chi connectivity index (χ4v) is 10.3. The molecule has 3 fully saturated rings. The summed E-state index contributed by atoms with van der Waals surface area (Å²) in [5.74, 6) is -4.80. The van der Waals surface area contributed by atoms with E-state index in [4.69, 9.17) is 75.8 Å². The molecule has 0 aromatic heterocycles. The largest absolute Gasteiger partial charge is 0.467 e. The van der Waals surface area contributed by atoms with Crippen molar-refractivity contribution in [2.24, 2.45) is 5.92 Å². The highest BCUT2D eigenvalue weighted by Crippen LogP contribution is 2.25. The summed E-state index contributed by atoms with van der Waals surface area (Å²) in [5.41, 5.74) is 0. The molecular formula is C62H109N5O33. The molecule has 17 unspecified atom stereocenters. The van der Waals surface area contributed by atoms with Crippen LogP contribution in [0.4, 0.5) is 0 Å². The Morgan fingerprint density at radius 3 is 1.12 bits per heavy atom. The molecule has 0 radical (unpaired) electrons. The maximum atomic E-state index is 13.9. The third kappa shape index (κ3) is 36.1. The number of hydrogen-bond acceptors (Lipinski definition) is 33. The van der Waals surface area contributed by atoms with Crippen molar-refractivity contribution in [3.05, 3.63) is 0 Å². The lowest BCUT2D eigenvalue weighted by Crippen LogP contribution is -2.64. The van der Waals surface area contributed by atoms with Gasteiger partial charge in [0.1, 0.15) is 98.9 Å². The number of carbonyl (C=O) groups excluding carboxylic acids is 8. The average Bonchev–Trinajstić information content (AvgIpc) is 0.824. The van der Waals surface area contributed by atoms with Gasteiger partial charge < -0.3 is 148 Å². The molecule has 0 saturated carbocycles. The normalized spacial score (nSPS) is 25.9. The van der Waals surface area contributed by atoms with Gasteiger partial charge >= 0.3 is 5.97 Å². The Morgan fingerprint density at radius 1 is 0.410 bits per heavy atom. The van der Waals surface area contributed by atoms with Crippen LogP contribution in [0.15, 0.2) is 0 Å². The van der Waals surface area contributed by atoms with Gasteiger partial charge in [-0.15, -0.1) is 0 Å². The molecular weight excluding hydrogens is 1340 g/mol. The van der Waals surface area contributed by atoms with E-state index in [2.05, 4.69) is 26.6 Å². The van der Waals surface area contributed by atoms with E-state index in [0.717, 1.165) is 0 Å². The van der Waals surface area contributed by atoms with Gasteiger partial charge in [-0.25, -0.2) is 4.79 Å². The minimum atomic E-state index is -1.46. The topological polar surface area (TPSA) is 526 Å². The van der Waals surface area contributed by atoms with Gasteiger partial charge in [-0.1, -0.05) is 12.8 Å². The highest BCUT2D eigenvalue weighted by Gasteiger charge is 2.48. The zero-order chi connectivity index (χ0) is 73.6. The van der Waals surface area contributed by atoms with Crippen LogP contribution in [0.5, 0.6) is 0 Å². The lowest BCUT2D eigenvalue weighted by atomic mass is 9.95. The molecule has 0 aliphatic carbocycles. The number of nitrogens with one attached hydrogen (secondary N) is 5. The Morgan fingerprint density at radius 2 is 0.760 bits per heavy atom. The van der Waals surface area contributed by atoms with Crippen molar-refractivity contribution in [2.75, 3.05) is 172 Å². The fraction of sp³-hybridized carbons (Fsp3) is 0.871. The molecule has 580 valence electrons. The van der Waals surface area contributed by atoms with Gasteiger partial charge in [-0.2, -0.15) is 0 Å². The average molecular weight is 1450 g/mol. The van der Waals surface area contributed by atoms with E-state index >= 15 is 0 Å². The summed E-state index contributed by atoms with van der Waals surface area (Å²) in [6.07, 6.45) is -13.8. The molecule has 3 heterocycles. The molecule has 0 spiro atoms. The number of carbonyl (C=O) groups is 8. The second-order valence-electron chi connectivity index (χ2n) is 23.4. The zero-order valence-electron chi connectivity index (χ0n) is 57.5. The van der Waals surface area contributed by atoms with Crippen LogP contribution in [-0.2, 0) is 114 Å². The van der Waals surface area contributed by atoms with E-state index in [1.54, 1.807) is 0 Å². The van der Waals surface area contributed by atoms with Crippen LogP contribution in [0.2, 0.25) is 0 Å². The van der Waals surface area contributed by atoms with Crippen molar-refractivity contribution in [3.8, 4) is 0 Å². The smallest absolute Gasteiger partial charge is 0.328 e. The number of hydrogen-bond donors (Lipinski definition) is 14. The molecule has 17 atom stereocenters. The van der Waals surface area contributed by atoms with E-state index in [-0.39, 0.29) is 183 Å². The van der Waals surface area contributed by atoms with Crippen LogP contribution in [0, 0.1) is 5.92 Å². The molecule has 5 amide bonds. The minimum Gasteiger partial charge on any atom is -0.467 e. The number of unbranched alkanes of at least 4 members (excludes halogenated alkanes) is 2. The Balaban J connectivity index is 1.36. The summed E-state index contributed by atoms with van der Waals surface area (Å²) in [5, 5.41) is 103. The Bertz CT molecular complexity index is 2310. The third-order valence-corrected chi connectivity index (χ3v) is 15.4. The lowest BCUT2D eigenvalue weighted by Gasteiger charge is -2.42. The molecule has 38 heteroatoms. The van der Waals surface area contributed by atoms with Crippen LogP contribution in [0.25, 0.3) is 0 Å². The maximum Gasteiger partial charge on any atom is 0.328 e. The Labute approximate surface area is 580 Å². The molecule has 38 nitrogen and oxygen atoms in total. The van der Waals surface area contributed by atoms with E-state index in [0.29, 0.717) is 19.3 Å². The Hall–Kier alpha value is -4.80. The van der Waals surface area contributed by atoms with Gasteiger partial charge in [-0.3, -0.25) is 33.6 Å². The first-order valence-electron chi connectivity index (χ1n) is 33.5. The van der Waals surface area contributed by atoms with Gasteiger partial charge in [0.2, 0.25) is 29.5 Å². The molecule has 3 aliphatic heterocycles. The van der Waals surface area contributed by atoms with E-state index in [9.17, 15) is 84.3 Å². The Kier molecular flexibility index (Phi) is 47.4. The van der Waals surface area contributed by atoms with E-state index in [1.807, 2.05) is 0 Å². The van der Waals surface area contributed by atoms with Crippen LogP contribution >= 0.6 is 0 Å². The predicted molar refractivity (Wildman–Crippen MR) is 339 cm³/mol. The zero-order valence-corrected chi connectivity index (χ0v) is 57.5. The summed E-state index contributed by atoms with van der Waals surface area (Å²) < 4.78 is 87.6. The summed E-state index contributed by atoms with van der Waals surface area (Å²) in [6, 6.07) is -4.35. The number of methoxy groups -OCH3 is 1. The SMILES string of the molecule is COC(=O)C(CCCCCC(=O)COCCOCCOCCOC1OC(CO)C(O)C(O)C1NC(C)=O)NC(=O)C(CCCNC(=O)COCCOCCOCCOC1OC(CO)C(O)C(O)C1NC(C)=O)CC(=O)COCCOCCOCCOC1OC(CO)C(O)C(O)C1NC(C)=O. The number of aliphatic hydroxyl groups is 9. The maximum absolute atomic E-state index is 13.9. The van der Waals surface area contributed by atoms with Crippen LogP contribution in [0.3, 0.4) is 0 Å². The highest BCUT2D eigenvalue weighted by molar-refractivity contribution is 5.90. The number of aliphatic hydroxyl groups excluding tert-OH is 9. The second-order valence-corrected chi connectivity index (χ2v) is 23.4. The van der Waals surface area contributed by atoms with Gasteiger partial charge in [0.15, 0.2) is 30.4 Å². The molecule has 3 aliphatic rings. The summed E-state index contributed by atoms with van der Waals surface area (Å²) >= 11 is 0. The predicted octanol–water partition coefficient (Wildman–Crippen LogP) is -7.33. The van der Waals surface area contributed by atoms with Crippen molar-refractivity contribution in [2.45, 2.75) is 170 Å². The summed E-state index contributed by atoms with van der Waals surface area (Å²) in [4.78, 5) is 100. The monoisotopic (exact) mass is 1450 g/mol. The van der Waals surface area contributed by atoms with Gasteiger partial charge in [0, 0.05) is 46.1 Å². The molecule has 100 heavy (non-hydrogen) atoms. The number of rotatable bonds is 57. The van der Waals surface area contributed by atoms with Crippen molar-refractivity contribution < 1.29 is 160 Å². The van der Waals surface area contributed by atoms with Crippen LogP contribution in [0.1, 0.15) is 72.1 Å². The number of ketones is 2. The standard InChI is InChI=1S/C62H109N5O33/c1-38(71)64-49-55(80)52(77)45(32-68)98-60(49)95-28-25-89-16-13-86-19-22-92-35-42(74)10-6-5-7-11-44(59(84)85-4)67-58(83)41(31-43(75)36-93-23-20-87-14-17-90-26-29-96-61-50(65-39(2)72)56(81)53(78)46(33-69)99-61)9-8-12-63-48(76)37-94-24-21-88-15-18-91-27-30-97-62-51(66-40(3)73)57(82)54(79)47(34-70)100-62/h41,44-47,49-57,60-62,68-70,77-82H,5-37H2,1-4H3,(H,63,76)(H,64,71)(H,65,72)(H,66,73)(H,67,83). The third-order valence-electron chi connectivity index (χ3n) is 15.4. The molecule has 14 N–H and O–H groups in total. The van der Waals surface area contributed by atoms with E-state index in [1.165, 1.54) is 27.9 Å². The quantitative estimate of drug-likeness (QED) is 0.0199. The number of amides is 5. The molecule has 3 saturated heterocycles. The van der Waals surface area contributed by atoms with Gasteiger partial charge in [0.05, 0.1) is 146 Å². The molecule has 3 rings (SSSR count). The van der Waals surface area contributed by atoms with Crippen LogP contribution < -0.4 is 26.6 Å². The first-order chi connectivity index (χ1) is 48.1. The number of Topliss-reactive ketones (excluding diaryl/α,β-unsaturated/α-hetero) is 2. The molecule has 0 aromatic rings. The first kappa shape index (κ1) is 89.4. The number of ether oxygens (including phenoxy) is 16. The van der Waals surface area contributed by atoms with E-state index < -0.39 is 165 Å². The number of esters is 1. The summed E-state index contributed by atoms with van der Waals surface area (Å²) in [7, 11) is 1.17. The minimum absolute atomic E-state index is 0.00310. The van der Waals surface area contributed by atoms with Crippen molar-refractivity contribution in [3.63, 3.8) is 0 Å². The lowest BCUT2D eigenvalue weighted by molar-refractivity contribution is -0.272. The summed E-state index contributed by atoms with van der Waals surface area (Å²) in [6.45, 7) is 2.89. The van der Waals surface area contributed by atoms with Crippen molar-refractivity contribution in [1.29, 1.82) is 0 Å².